The first-order chi connectivity index (χ1) is 5.59. The molecule has 1 amide bonds. The van der Waals surface area contributed by atoms with Crippen molar-refractivity contribution < 1.29 is 4.79 Å². The molecule has 0 bridgehead atoms. The van der Waals surface area contributed by atoms with Crippen molar-refractivity contribution in [2.24, 2.45) is 17.6 Å². The molecule has 68 valence electrons. The molecule has 2 N–H and O–H groups in total. The summed E-state index contributed by atoms with van der Waals surface area (Å²) < 4.78 is 0. The third-order valence-electron chi connectivity index (χ3n) is 2.51. The Morgan fingerprint density at radius 1 is 1.67 bits per heavy atom. The predicted molar refractivity (Wildman–Crippen MR) is 49.5 cm³/mol. The lowest BCUT2D eigenvalue weighted by Crippen LogP contribution is -2.23. The van der Waals surface area contributed by atoms with Gasteiger partial charge in [0, 0.05) is 5.92 Å². The van der Waals surface area contributed by atoms with E-state index in [9.17, 15) is 4.79 Å². The van der Waals surface area contributed by atoms with Crippen LogP contribution in [0.1, 0.15) is 33.1 Å². The molecule has 0 saturated carbocycles. The van der Waals surface area contributed by atoms with E-state index < -0.39 is 0 Å². The van der Waals surface area contributed by atoms with E-state index >= 15 is 0 Å². The van der Waals surface area contributed by atoms with Crippen molar-refractivity contribution in [2.75, 3.05) is 0 Å². The molecule has 1 rings (SSSR count). The quantitative estimate of drug-likeness (QED) is 0.595. The summed E-state index contributed by atoms with van der Waals surface area (Å²) in [7, 11) is 0. The van der Waals surface area contributed by atoms with E-state index in [1.54, 1.807) is 0 Å². The van der Waals surface area contributed by atoms with E-state index in [4.69, 9.17) is 5.73 Å². The van der Waals surface area contributed by atoms with E-state index in [1.165, 1.54) is 5.57 Å². The zero-order chi connectivity index (χ0) is 9.14. The fourth-order valence-corrected chi connectivity index (χ4v) is 1.87. The van der Waals surface area contributed by atoms with Gasteiger partial charge in [0.1, 0.15) is 0 Å². The minimum atomic E-state index is -0.146. The molecule has 2 nitrogen and oxygen atoms in total. The third kappa shape index (κ3) is 2.36. The zero-order valence-corrected chi connectivity index (χ0v) is 7.84. The Morgan fingerprint density at radius 2 is 2.33 bits per heavy atom. The van der Waals surface area contributed by atoms with Crippen LogP contribution >= 0.6 is 0 Å². The smallest absolute Gasteiger partial charge is 0.220 e. The van der Waals surface area contributed by atoms with Gasteiger partial charge in [-0.2, -0.15) is 0 Å². The molecule has 1 aliphatic carbocycles. The summed E-state index contributed by atoms with van der Waals surface area (Å²) in [6, 6.07) is 0. The van der Waals surface area contributed by atoms with Crippen LogP contribution in [0.15, 0.2) is 11.6 Å². The first-order valence-corrected chi connectivity index (χ1v) is 4.54. The Morgan fingerprint density at radius 3 is 2.92 bits per heavy atom. The number of carbonyl (C=O) groups is 1. The minimum Gasteiger partial charge on any atom is -0.369 e. The van der Waals surface area contributed by atoms with Gasteiger partial charge in [-0.05, 0) is 32.1 Å². The molecule has 0 aliphatic heterocycles. The largest absolute Gasteiger partial charge is 0.369 e. The van der Waals surface area contributed by atoms with Gasteiger partial charge in [-0.1, -0.05) is 18.6 Å². The van der Waals surface area contributed by atoms with Crippen LogP contribution in [0.25, 0.3) is 0 Å². The second-order valence-corrected chi connectivity index (χ2v) is 3.93. The van der Waals surface area contributed by atoms with E-state index in [-0.39, 0.29) is 11.8 Å². The van der Waals surface area contributed by atoms with Crippen LogP contribution in [0.4, 0.5) is 0 Å². The molecule has 0 fully saturated rings. The SMILES string of the molecule is CC1=CCC(C(N)=O)CC(C)C1. The number of nitrogens with two attached hydrogens (primary N) is 1. The van der Waals surface area contributed by atoms with Crippen molar-refractivity contribution in [1.82, 2.24) is 0 Å². The molecule has 2 heteroatoms. The van der Waals surface area contributed by atoms with Crippen molar-refractivity contribution in [3.05, 3.63) is 11.6 Å². The monoisotopic (exact) mass is 167 g/mol. The average molecular weight is 167 g/mol. The van der Waals surface area contributed by atoms with Crippen LogP contribution in [-0.2, 0) is 4.79 Å². The van der Waals surface area contributed by atoms with E-state index in [2.05, 4.69) is 19.9 Å². The number of amides is 1. The molecule has 1 aliphatic rings. The van der Waals surface area contributed by atoms with Gasteiger partial charge in [-0.15, -0.1) is 0 Å². The minimum absolute atomic E-state index is 0.0671. The predicted octanol–water partition coefficient (Wildman–Crippen LogP) is 1.85. The van der Waals surface area contributed by atoms with Crippen LogP contribution in [0.2, 0.25) is 0 Å². The molecule has 0 saturated heterocycles. The second kappa shape index (κ2) is 3.74. The van der Waals surface area contributed by atoms with Gasteiger partial charge in [0.15, 0.2) is 0 Å². The molecular formula is C10H17NO. The van der Waals surface area contributed by atoms with E-state index in [1.807, 2.05) is 0 Å². The lowest BCUT2D eigenvalue weighted by atomic mass is 9.93. The number of carbonyl (C=O) groups excluding carboxylic acids is 1. The summed E-state index contributed by atoms with van der Waals surface area (Å²) in [5.74, 6) is 0.520. The van der Waals surface area contributed by atoms with Gasteiger partial charge in [-0.3, -0.25) is 4.79 Å². The molecule has 0 heterocycles. The van der Waals surface area contributed by atoms with Gasteiger partial charge in [0.25, 0.3) is 0 Å². The summed E-state index contributed by atoms with van der Waals surface area (Å²) in [4.78, 5) is 11.0. The Labute approximate surface area is 73.8 Å². The normalized spacial score (nSPS) is 30.7. The third-order valence-corrected chi connectivity index (χ3v) is 2.51. The Bertz CT molecular complexity index is 208. The zero-order valence-electron chi connectivity index (χ0n) is 7.84. The summed E-state index contributed by atoms with van der Waals surface area (Å²) in [5.41, 5.74) is 6.67. The van der Waals surface area contributed by atoms with E-state index in [0.29, 0.717) is 5.92 Å². The van der Waals surface area contributed by atoms with Gasteiger partial charge in [0.2, 0.25) is 5.91 Å². The summed E-state index contributed by atoms with van der Waals surface area (Å²) in [6.45, 7) is 4.30. The van der Waals surface area contributed by atoms with Gasteiger partial charge < -0.3 is 5.73 Å². The highest BCUT2D eigenvalue weighted by atomic mass is 16.1. The number of rotatable bonds is 1. The van der Waals surface area contributed by atoms with Gasteiger partial charge >= 0.3 is 0 Å². The Kier molecular flexibility index (Phi) is 2.90. The summed E-state index contributed by atoms with van der Waals surface area (Å²) in [5, 5.41) is 0. The highest BCUT2D eigenvalue weighted by Crippen LogP contribution is 2.26. The number of hydrogen-bond donors (Lipinski definition) is 1. The molecular weight excluding hydrogens is 150 g/mol. The number of primary amides is 1. The Hall–Kier alpha value is -0.790. The van der Waals surface area contributed by atoms with E-state index in [0.717, 1.165) is 19.3 Å². The topological polar surface area (TPSA) is 43.1 Å². The summed E-state index contributed by atoms with van der Waals surface area (Å²) in [6.07, 6.45) is 5.05. The van der Waals surface area contributed by atoms with Crippen molar-refractivity contribution in [3.8, 4) is 0 Å². The molecule has 12 heavy (non-hydrogen) atoms. The van der Waals surface area contributed by atoms with Crippen LogP contribution in [0.5, 0.6) is 0 Å². The number of hydrogen-bond acceptors (Lipinski definition) is 1. The first kappa shape index (κ1) is 9.30. The highest BCUT2D eigenvalue weighted by Gasteiger charge is 2.20. The fourth-order valence-electron chi connectivity index (χ4n) is 1.87. The van der Waals surface area contributed by atoms with Gasteiger partial charge in [0.05, 0.1) is 0 Å². The average Bonchev–Trinajstić information content (AvgIpc) is 2.11. The molecule has 0 aromatic carbocycles. The molecule has 2 atom stereocenters. The lowest BCUT2D eigenvalue weighted by molar-refractivity contribution is -0.122. The van der Waals surface area contributed by atoms with Crippen molar-refractivity contribution in [1.29, 1.82) is 0 Å². The van der Waals surface area contributed by atoms with Crippen LogP contribution < -0.4 is 5.73 Å². The molecule has 0 radical (unpaired) electrons. The molecule has 0 spiro atoms. The molecule has 0 aromatic rings. The molecule has 0 aromatic heterocycles. The number of allylic oxidation sites excluding steroid dienone is 2. The maximum Gasteiger partial charge on any atom is 0.220 e. The second-order valence-electron chi connectivity index (χ2n) is 3.93. The molecule has 2 unspecified atom stereocenters. The van der Waals surface area contributed by atoms with Crippen LogP contribution in [0.3, 0.4) is 0 Å². The highest BCUT2D eigenvalue weighted by molar-refractivity contribution is 5.76. The van der Waals surface area contributed by atoms with Crippen molar-refractivity contribution in [3.63, 3.8) is 0 Å². The van der Waals surface area contributed by atoms with Crippen molar-refractivity contribution in [2.45, 2.75) is 33.1 Å². The van der Waals surface area contributed by atoms with Crippen LogP contribution in [0, 0.1) is 11.8 Å². The van der Waals surface area contributed by atoms with Gasteiger partial charge in [-0.25, -0.2) is 0 Å². The lowest BCUT2D eigenvalue weighted by Gasteiger charge is -2.12. The maximum absolute atomic E-state index is 11.0. The summed E-state index contributed by atoms with van der Waals surface area (Å²) >= 11 is 0. The standard InChI is InChI=1S/C10H17NO/c1-7-3-4-9(10(11)12)6-8(2)5-7/h3,8-9H,4-6H2,1-2H3,(H2,11,12). The first-order valence-electron chi connectivity index (χ1n) is 4.54. The Balaban J connectivity index is 2.64. The fraction of sp³-hybridized carbons (Fsp3) is 0.700. The van der Waals surface area contributed by atoms with Crippen LogP contribution in [-0.4, -0.2) is 5.91 Å². The maximum atomic E-state index is 11.0. The van der Waals surface area contributed by atoms with Crippen molar-refractivity contribution >= 4 is 5.91 Å².